The zero-order valence-electron chi connectivity index (χ0n) is 32.3. The molecular weight excluding hydrogens is 705 g/mol. The standard InChI is InChI=1S/C55H38N2O/c1-55(2)49-16-8-5-13-43(49)48-33-41(27-30-50(48)55)56(40-25-21-35-11-3-4-12-37(35)31-40)39-23-19-36(20-24-39)38-22-28-46-47-29-26-42(34-54(47)58-53(46)32-38)57-51-17-9-6-14-44(51)45-15-7-10-18-52(45)57/h3-34H,1-2H3. The Morgan fingerprint density at radius 2 is 1.00 bits per heavy atom. The number of aromatic nitrogens is 1. The Bertz CT molecular complexity index is 3380. The summed E-state index contributed by atoms with van der Waals surface area (Å²) in [5, 5.41) is 7.19. The Morgan fingerprint density at radius 1 is 0.414 bits per heavy atom. The van der Waals surface area contributed by atoms with Crippen LogP contribution in [0.1, 0.15) is 25.0 Å². The van der Waals surface area contributed by atoms with Crippen molar-refractivity contribution in [3.63, 3.8) is 0 Å². The summed E-state index contributed by atoms with van der Waals surface area (Å²) in [7, 11) is 0. The minimum absolute atomic E-state index is 0.0462. The quantitative estimate of drug-likeness (QED) is 0.175. The van der Waals surface area contributed by atoms with Gasteiger partial charge < -0.3 is 13.9 Å². The third-order valence-electron chi connectivity index (χ3n) is 12.6. The summed E-state index contributed by atoms with van der Waals surface area (Å²) in [6.07, 6.45) is 0. The van der Waals surface area contributed by atoms with Gasteiger partial charge >= 0.3 is 0 Å². The van der Waals surface area contributed by atoms with E-state index in [4.69, 9.17) is 4.42 Å². The van der Waals surface area contributed by atoms with Crippen molar-refractivity contribution in [2.45, 2.75) is 19.3 Å². The van der Waals surface area contributed by atoms with Gasteiger partial charge in [-0.05, 0) is 117 Å². The summed E-state index contributed by atoms with van der Waals surface area (Å²) in [6, 6.07) is 70.6. The SMILES string of the molecule is CC1(C)c2ccccc2-c2cc(N(c3ccc(-c4ccc5c(c4)oc4cc(-n6c7ccccc7c7ccccc76)ccc45)cc3)c3ccc4ccccc4c3)ccc21. The Labute approximate surface area is 336 Å². The Hall–Kier alpha value is -7.36. The van der Waals surface area contributed by atoms with Crippen LogP contribution in [0.4, 0.5) is 17.1 Å². The van der Waals surface area contributed by atoms with Crippen molar-refractivity contribution < 1.29 is 4.42 Å². The maximum absolute atomic E-state index is 6.64. The molecule has 1 aliphatic carbocycles. The second-order valence-corrected chi connectivity index (χ2v) is 16.2. The topological polar surface area (TPSA) is 21.3 Å². The third kappa shape index (κ3) is 4.86. The molecule has 274 valence electrons. The summed E-state index contributed by atoms with van der Waals surface area (Å²) in [5.74, 6) is 0. The van der Waals surface area contributed by atoms with Crippen molar-refractivity contribution in [3.05, 3.63) is 205 Å². The zero-order valence-corrected chi connectivity index (χ0v) is 32.3. The summed E-state index contributed by atoms with van der Waals surface area (Å²) in [4.78, 5) is 2.39. The molecule has 0 spiro atoms. The highest BCUT2D eigenvalue weighted by Gasteiger charge is 2.35. The van der Waals surface area contributed by atoms with Crippen LogP contribution in [0.25, 0.3) is 82.5 Å². The minimum atomic E-state index is -0.0462. The second kappa shape index (κ2) is 12.3. The number of benzene rings is 9. The lowest BCUT2D eigenvalue weighted by Crippen LogP contribution is -2.15. The van der Waals surface area contributed by atoms with Crippen molar-refractivity contribution >= 4 is 71.6 Å². The molecule has 0 saturated heterocycles. The molecule has 2 aromatic heterocycles. The van der Waals surface area contributed by atoms with Gasteiger partial charge in [-0.3, -0.25) is 0 Å². The molecule has 3 nitrogen and oxygen atoms in total. The molecular formula is C55H38N2O. The first-order valence-electron chi connectivity index (χ1n) is 20.1. The van der Waals surface area contributed by atoms with Crippen molar-refractivity contribution in [1.29, 1.82) is 0 Å². The number of hydrogen-bond acceptors (Lipinski definition) is 2. The largest absolute Gasteiger partial charge is 0.456 e. The summed E-state index contributed by atoms with van der Waals surface area (Å²) in [6.45, 7) is 4.67. The van der Waals surface area contributed by atoms with E-state index in [9.17, 15) is 0 Å². The number of nitrogens with zero attached hydrogens (tertiary/aromatic N) is 2. The predicted octanol–water partition coefficient (Wildman–Crippen LogP) is 15.3. The van der Waals surface area contributed by atoms with Crippen LogP contribution in [0.15, 0.2) is 199 Å². The van der Waals surface area contributed by atoms with Gasteiger partial charge in [0.25, 0.3) is 0 Å². The van der Waals surface area contributed by atoms with Gasteiger partial charge in [0.1, 0.15) is 11.2 Å². The first-order chi connectivity index (χ1) is 28.5. The lowest BCUT2D eigenvalue weighted by atomic mass is 9.82. The van der Waals surface area contributed by atoms with E-state index < -0.39 is 0 Å². The molecule has 0 radical (unpaired) electrons. The first kappa shape index (κ1) is 32.8. The van der Waals surface area contributed by atoms with Crippen molar-refractivity contribution in [2.75, 3.05) is 4.90 Å². The fourth-order valence-corrected chi connectivity index (χ4v) is 9.70. The van der Waals surface area contributed by atoms with Crippen molar-refractivity contribution in [1.82, 2.24) is 4.57 Å². The lowest BCUT2D eigenvalue weighted by molar-refractivity contribution is 0.660. The summed E-state index contributed by atoms with van der Waals surface area (Å²) in [5.41, 5.74) is 16.2. The van der Waals surface area contributed by atoms with Gasteiger partial charge in [0.2, 0.25) is 0 Å². The van der Waals surface area contributed by atoms with Crippen LogP contribution >= 0.6 is 0 Å². The van der Waals surface area contributed by atoms with E-state index >= 15 is 0 Å². The molecule has 2 heterocycles. The van der Waals surface area contributed by atoms with E-state index in [1.165, 1.54) is 54.8 Å². The van der Waals surface area contributed by atoms with Crippen LogP contribution in [0, 0.1) is 0 Å². The fourth-order valence-electron chi connectivity index (χ4n) is 9.70. The van der Waals surface area contributed by atoms with E-state index in [0.717, 1.165) is 55.8 Å². The maximum Gasteiger partial charge on any atom is 0.137 e. The Balaban J connectivity index is 0.935. The fraction of sp³-hybridized carbons (Fsp3) is 0.0545. The molecule has 0 unspecified atom stereocenters. The van der Waals surface area contributed by atoms with Gasteiger partial charge in [0.05, 0.1) is 11.0 Å². The normalized spacial score (nSPS) is 13.1. The number of anilines is 3. The average Bonchev–Trinajstić information content (AvgIpc) is 3.88. The highest BCUT2D eigenvalue weighted by molar-refractivity contribution is 6.10. The van der Waals surface area contributed by atoms with Gasteiger partial charge in [-0.2, -0.15) is 0 Å². The number of rotatable bonds is 5. The molecule has 11 aromatic rings. The van der Waals surface area contributed by atoms with Crippen LogP contribution in [-0.4, -0.2) is 4.57 Å². The number of furan rings is 1. The lowest BCUT2D eigenvalue weighted by Gasteiger charge is -2.27. The van der Waals surface area contributed by atoms with Crippen LogP contribution < -0.4 is 4.90 Å². The highest BCUT2D eigenvalue weighted by atomic mass is 16.3. The molecule has 0 saturated carbocycles. The third-order valence-corrected chi connectivity index (χ3v) is 12.6. The van der Waals surface area contributed by atoms with E-state index in [0.29, 0.717) is 0 Å². The molecule has 3 heteroatoms. The number of hydrogen-bond donors (Lipinski definition) is 0. The van der Waals surface area contributed by atoms with Crippen LogP contribution in [0.2, 0.25) is 0 Å². The highest BCUT2D eigenvalue weighted by Crippen LogP contribution is 2.51. The van der Waals surface area contributed by atoms with Gasteiger partial charge in [-0.1, -0.05) is 129 Å². The molecule has 0 aliphatic heterocycles. The van der Waals surface area contributed by atoms with Crippen molar-refractivity contribution in [2.24, 2.45) is 0 Å². The van der Waals surface area contributed by atoms with Gasteiger partial charge in [0.15, 0.2) is 0 Å². The maximum atomic E-state index is 6.64. The Morgan fingerprint density at radius 3 is 1.79 bits per heavy atom. The number of para-hydroxylation sites is 2. The molecule has 58 heavy (non-hydrogen) atoms. The van der Waals surface area contributed by atoms with Crippen LogP contribution in [0.5, 0.6) is 0 Å². The van der Waals surface area contributed by atoms with Gasteiger partial charge in [-0.25, -0.2) is 0 Å². The summed E-state index contributed by atoms with van der Waals surface area (Å²) >= 11 is 0. The second-order valence-electron chi connectivity index (χ2n) is 16.2. The molecule has 12 rings (SSSR count). The zero-order chi connectivity index (χ0) is 38.5. The smallest absolute Gasteiger partial charge is 0.137 e. The summed E-state index contributed by atoms with van der Waals surface area (Å²) < 4.78 is 8.99. The van der Waals surface area contributed by atoms with E-state index in [2.05, 4.69) is 217 Å². The Kier molecular flexibility index (Phi) is 6.98. The van der Waals surface area contributed by atoms with E-state index in [1.807, 2.05) is 0 Å². The molecule has 0 atom stereocenters. The van der Waals surface area contributed by atoms with Gasteiger partial charge in [0, 0.05) is 55.8 Å². The van der Waals surface area contributed by atoms with Crippen molar-refractivity contribution in [3.8, 4) is 27.9 Å². The first-order valence-corrected chi connectivity index (χ1v) is 20.1. The molecule has 0 fully saturated rings. The molecule has 0 N–H and O–H groups in total. The monoisotopic (exact) mass is 742 g/mol. The molecule has 9 aromatic carbocycles. The predicted molar refractivity (Wildman–Crippen MR) is 243 cm³/mol. The molecule has 1 aliphatic rings. The average molecular weight is 743 g/mol. The van der Waals surface area contributed by atoms with Crippen LogP contribution in [0.3, 0.4) is 0 Å². The van der Waals surface area contributed by atoms with E-state index in [1.54, 1.807) is 0 Å². The molecule has 0 bridgehead atoms. The van der Waals surface area contributed by atoms with Gasteiger partial charge in [-0.15, -0.1) is 0 Å². The number of fused-ring (bicyclic) bond motifs is 10. The molecule has 0 amide bonds. The van der Waals surface area contributed by atoms with Crippen LogP contribution in [-0.2, 0) is 5.41 Å². The van der Waals surface area contributed by atoms with E-state index in [-0.39, 0.29) is 5.41 Å². The minimum Gasteiger partial charge on any atom is -0.456 e.